The minimum atomic E-state index is 0.915. The van der Waals surface area contributed by atoms with Crippen molar-refractivity contribution in [2.45, 2.75) is 0 Å². The Labute approximate surface area is 96.3 Å². The topological polar surface area (TPSA) is 54.5 Å². The van der Waals surface area contributed by atoms with Crippen molar-refractivity contribution in [2.75, 3.05) is 0 Å². The predicted octanol–water partition coefficient (Wildman–Crippen LogP) is 2.66. The van der Waals surface area contributed by atoms with Gasteiger partial charge in [0.05, 0.1) is 34.5 Å². The Hall–Kier alpha value is -2.49. The Bertz CT molecular complexity index is 842. The quantitative estimate of drug-likeness (QED) is 0.495. The van der Waals surface area contributed by atoms with Gasteiger partial charge in [0.2, 0.25) is 0 Å². The molecule has 0 atom stereocenters. The molecule has 17 heavy (non-hydrogen) atoms. The Kier molecular flexibility index (Phi) is 1.53. The molecule has 4 aromatic heterocycles. The fourth-order valence-corrected chi connectivity index (χ4v) is 2.16. The molecule has 4 nitrogen and oxygen atoms in total. The molecule has 0 aliphatic heterocycles. The van der Waals surface area contributed by atoms with Crippen molar-refractivity contribution in [2.24, 2.45) is 0 Å². The zero-order chi connectivity index (χ0) is 11.2. The molecule has 0 fully saturated rings. The molecule has 4 rings (SSSR count). The summed E-state index contributed by atoms with van der Waals surface area (Å²) in [7, 11) is 0. The number of aromatic amines is 1. The van der Waals surface area contributed by atoms with Gasteiger partial charge in [-0.15, -0.1) is 0 Å². The van der Waals surface area contributed by atoms with E-state index in [1.807, 2.05) is 18.3 Å². The van der Waals surface area contributed by atoms with Crippen molar-refractivity contribution in [1.29, 1.82) is 0 Å². The number of rotatable bonds is 0. The maximum atomic E-state index is 4.64. The fourth-order valence-electron chi connectivity index (χ4n) is 2.16. The van der Waals surface area contributed by atoms with Crippen LogP contribution in [0.25, 0.3) is 32.8 Å². The highest BCUT2D eigenvalue weighted by Gasteiger charge is 2.06. The summed E-state index contributed by atoms with van der Waals surface area (Å²) in [5.41, 5.74) is 3.94. The summed E-state index contributed by atoms with van der Waals surface area (Å²) < 4.78 is 0. The summed E-state index contributed by atoms with van der Waals surface area (Å²) in [4.78, 5) is 16.2. The normalized spacial score (nSPS) is 11.5. The smallest absolute Gasteiger partial charge is 0.0967 e. The molecule has 0 aliphatic carbocycles. The summed E-state index contributed by atoms with van der Waals surface area (Å²) in [5.74, 6) is 0. The van der Waals surface area contributed by atoms with Crippen LogP contribution in [-0.4, -0.2) is 19.9 Å². The first-order chi connectivity index (χ1) is 8.42. The molecule has 4 heterocycles. The van der Waals surface area contributed by atoms with Gasteiger partial charge in [-0.1, -0.05) is 0 Å². The molecular weight excluding hydrogens is 212 g/mol. The van der Waals surface area contributed by atoms with Gasteiger partial charge < -0.3 is 4.98 Å². The van der Waals surface area contributed by atoms with Gasteiger partial charge in [-0.3, -0.25) is 9.97 Å². The lowest BCUT2D eigenvalue weighted by molar-refractivity contribution is 1.33. The van der Waals surface area contributed by atoms with Crippen LogP contribution in [0, 0.1) is 0 Å². The Morgan fingerprint density at radius 1 is 0.941 bits per heavy atom. The molecule has 0 aliphatic rings. The van der Waals surface area contributed by atoms with Crippen LogP contribution < -0.4 is 0 Å². The lowest BCUT2D eigenvalue weighted by Crippen LogP contribution is -1.81. The molecule has 0 aromatic carbocycles. The zero-order valence-electron chi connectivity index (χ0n) is 8.88. The van der Waals surface area contributed by atoms with Gasteiger partial charge in [-0.2, -0.15) is 0 Å². The molecule has 0 bridgehead atoms. The minimum Gasteiger partial charge on any atom is -0.352 e. The highest BCUT2D eigenvalue weighted by atomic mass is 14.8. The Morgan fingerprint density at radius 2 is 1.82 bits per heavy atom. The van der Waals surface area contributed by atoms with E-state index >= 15 is 0 Å². The summed E-state index contributed by atoms with van der Waals surface area (Å²) in [6.45, 7) is 0. The maximum Gasteiger partial charge on any atom is 0.0967 e. The molecule has 0 saturated heterocycles. The van der Waals surface area contributed by atoms with Crippen LogP contribution in [0.15, 0.2) is 43.0 Å². The first-order valence-corrected chi connectivity index (χ1v) is 5.38. The second-order valence-electron chi connectivity index (χ2n) is 4.00. The van der Waals surface area contributed by atoms with Gasteiger partial charge in [-0.25, -0.2) is 4.98 Å². The van der Waals surface area contributed by atoms with Crippen LogP contribution in [-0.2, 0) is 0 Å². The largest absolute Gasteiger partial charge is 0.352 e. The Balaban J connectivity index is 2.28. The van der Waals surface area contributed by atoms with Gasteiger partial charge in [0.15, 0.2) is 0 Å². The molecule has 80 valence electrons. The number of H-pyrrole nitrogens is 1. The molecule has 4 heteroatoms. The lowest BCUT2D eigenvalue weighted by atomic mass is 10.2. The summed E-state index contributed by atoms with van der Waals surface area (Å²) in [6, 6.07) is 6.04. The molecule has 0 radical (unpaired) electrons. The van der Waals surface area contributed by atoms with Crippen molar-refractivity contribution < 1.29 is 0 Å². The molecule has 0 unspecified atom stereocenters. The monoisotopic (exact) mass is 220 g/mol. The number of hydrogen-bond acceptors (Lipinski definition) is 3. The third-order valence-corrected chi connectivity index (χ3v) is 2.97. The fraction of sp³-hybridized carbons (Fsp3) is 0. The summed E-state index contributed by atoms with van der Waals surface area (Å²) >= 11 is 0. The van der Waals surface area contributed by atoms with Crippen LogP contribution in [0.1, 0.15) is 0 Å². The van der Waals surface area contributed by atoms with E-state index in [2.05, 4.69) is 26.0 Å². The van der Waals surface area contributed by atoms with E-state index in [0.29, 0.717) is 0 Å². The first kappa shape index (κ1) is 8.64. The lowest BCUT2D eigenvalue weighted by Gasteiger charge is -1.96. The van der Waals surface area contributed by atoms with E-state index in [4.69, 9.17) is 0 Å². The molecule has 1 N–H and O–H groups in total. The molecule has 0 spiro atoms. The summed E-state index contributed by atoms with van der Waals surface area (Å²) in [6.07, 6.45) is 7.17. The number of hydrogen-bond donors (Lipinski definition) is 1. The second kappa shape index (κ2) is 3.01. The minimum absolute atomic E-state index is 0.915. The van der Waals surface area contributed by atoms with Gasteiger partial charge in [0.25, 0.3) is 0 Å². The number of nitrogens with one attached hydrogen (secondary N) is 1. The van der Waals surface area contributed by atoms with E-state index < -0.39 is 0 Å². The predicted molar refractivity (Wildman–Crippen MR) is 66.7 cm³/mol. The van der Waals surface area contributed by atoms with E-state index in [1.54, 1.807) is 18.6 Å². The average molecular weight is 220 g/mol. The van der Waals surface area contributed by atoms with Crippen molar-refractivity contribution >= 4 is 32.8 Å². The highest BCUT2D eigenvalue weighted by molar-refractivity contribution is 6.07. The van der Waals surface area contributed by atoms with Crippen molar-refractivity contribution in [3.63, 3.8) is 0 Å². The zero-order valence-corrected chi connectivity index (χ0v) is 8.88. The van der Waals surface area contributed by atoms with Crippen molar-refractivity contribution in [3.8, 4) is 0 Å². The highest BCUT2D eigenvalue weighted by Crippen LogP contribution is 2.25. The van der Waals surface area contributed by atoms with Crippen LogP contribution >= 0.6 is 0 Å². The Morgan fingerprint density at radius 3 is 2.82 bits per heavy atom. The number of nitrogens with zero attached hydrogens (tertiary/aromatic N) is 3. The standard InChI is InChI=1S/C13H8N4/c1-3-14-6-11-8(1)5-10-13(17-11)9-2-4-15-7-12(9)16-10/h1-7,16H. The van der Waals surface area contributed by atoms with Crippen LogP contribution in [0.4, 0.5) is 0 Å². The van der Waals surface area contributed by atoms with Crippen molar-refractivity contribution in [3.05, 3.63) is 43.0 Å². The van der Waals surface area contributed by atoms with Gasteiger partial charge in [0, 0.05) is 23.2 Å². The SMILES string of the molecule is c1cc2cc3[nH]c4cnccc4c3nc2cn1. The molecular formula is C13H8N4. The number of pyridine rings is 3. The van der Waals surface area contributed by atoms with Crippen LogP contribution in [0.3, 0.4) is 0 Å². The van der Waals surface area contributed by atoms with Gasteiger partial charge in [-0.05, 0) is 18.2 Å². The van der Waals surface area contributed by atoms with E-state index in [0.717, 1.165) is 32.8 Å². The van der Waals surface area contributed by atoms with Crippen molar-refractivity contribution in [1.82, 2.24) is 19.9 Å². The molecule has 0 amide bonds. The third kappa shape index (κ3) is 1.15. The molecule has 4 aromatic rings. The van der Waals surface area contributed by atoms with Crippen LogP contribution in [0.2, 0.25) is 0 Å². The van der Waals surface area contributed by atoms with E-state index in [1.165, 1.54) is 0 Å². The number of aromatic nitrogens is 4. The van der Waals surface area contributed by atoms with E-state index in [-0.39, 0.29) is 0 Å². The molecule has 0 saturated carbocycles. The van der Waals surface area contributed by atoms with Gasteiger partial charge in [0.1, 0.15) is 0 Å². The first-order valence-electron chi connectivity index (χ1n) is 5.38. The third-order valence-electron chi connectivity index (χ3n) is 2.97. The second-order valence-corrected chi connectivity index (χ2v) is 4.00. The summed E-state index contributed by atoms with van der Waals surface area (Å²) in [5, 5.41) is 2.19. The van der Waals surface area contributed by atoms with Gasteiger partial charge >= 0.3 is 0 Å². The van der Waals surface area contributed by atoms with Crippen LogP contribution in [0.5, 0.6) is 0 Å². The number of fused-ring (bicyclic) bond motifs is 4. The average Bonchev–Trinajstić information content (AvgIpc) is 2.73. The maximum absolute atomic E-state index is 4.64. The van der Waals surface area contributed by atoms with E-state index in [9.17, 15) is 0 Å².